The lowest BCUT2D eigenvalue weighted by Crippen LogP contribution is -2.51. The number of aryl methyl sites for hydroxylation is 3. The molecule has 1 aliphatic rings. The summed E-state index contributed by atoms with van der Waals surface area (Å²) in [4.78, 5) is 15.1. The molecule has 5 rings (SSSR count). The van der Waals surface area contributed by atoms with Crippen molar-refractivity contribution in [2.24, 2.45) is 14.1 Å². The zero-order valence-electron chi connectivity index (χ0n) is 27.2. The fraction of sp³-hybridized carbons (Fsp3) is 0.438. The molecule has 15 heteroatoms. The molecular weight excluding hydrogens is 648 g/mol. The molecule has 0 unspecified atom stereocenters. The summed E-state index contributed by atoms with van der Waals surface area (Å²) in [6.07, 6.45) is 0.915. The number of hydrogen-bond donors (Lipinski definition) is 2. The van der Waals surface area contributed by atoms with E-state index in [1.807, 2.05) is 30.3 Å². The van der Waals surface area contributed by atoms with E-state index >= 15 is 0 Å². The average Bonchev–Trinajstić information content (AvgIpc) is 3.54. The second kappa shape index (κ2) is 14.2. The maximum atomic E-state index is 12.9. The van der Waals surface area contributed by atoms with Crippen molar-refractivity contribution in [2.75, 3.05) is 58.9 Å². The molecule has 1 saturated heterocycles. The third-order valence-corrected chi connectivity index (χ3v) is 10.9. The molecule has 0 amide bonds. The van der Waals surface area contributed by atoms with E-state index in [1.165, 1.54) is 29.8 Å². The minimum Gasteiger partial charge on any atom is -0.487 e. The second-order valence-corrected chi connectivity index (χ2v) is 14.1. The molecule has 1 aliphatic heterocycles. The molecule has 1 fully saturated rings. The van der Waals surface area contributed by atoms with E-state index in [9.17, 15) is 23.4 Å². The summed E-state index contributed by atoms with van der Waals surface area (Å²) in [5, 5.41) is 25.7. The summed E-state index contributed by atoms with van der Waals surface area (Å²) in [5.41, 5.74) is 5.04. The van der Waals surface area contributed by atoms with Crippen LogP contribution >= 0.6 is 11.6 Å². The van der Waals surface area contributed by atoms with Gasteiger partial charge in [-0.05, 0) is 48.7 Å². The van der Waals surface area contributed by atoms with Gasteiger partial charge < -0.3 is 29.2 Å². The standard InChI is InChI=1S/C32H41ClN6O7S/c1-35(2)47(43,44)39-16-14-38(15-17-39)21-8-10-22(11-9-21)46-20-27-29(26(19-41)34-37(27)4)28-25(33)13-12-24-23(7-6-18-40)31(32(42)45-5)36(3)30(24)28/h8-13,40-41H,6-7,14-20H2,1-5H3. The number of aliphatic hydroxyl groups is 2. The number of nitrogens with zero attached hydrogens (tertiary/aromatic N) is 6. The van der Waals surface area contributed by atoms with Crippen LogP contribution in [0.2, 0.25) is 5.02 Å². The van der Waals surface area contributed by atoms with Crippen LogP contribution in [-0.2, 0) is 48.7 Å². The molecule has 47 heavy (non-hydrogen) atoms. The SMILES string of the molecule is COC(=O)c1c(CCCO)c2ccc(Cl)c(-c3c(CO)nn(C)c3COc3ccc(N4CCN(S(=O)(=O)N(C)C)CC4)cc3)c2n1C. The van der Waals surface area contributed by atoms with E-state index < -0.39 is 16.2 Å². The summed E-state index contributed by atoms with van der Waals surface area (Å²) in [6.45, 7) is 1.66. The highest BCUT2D eigenvalue weighted by Gasteiger charge is 2.30. The van der Waals surface area contributed by atoms with E-state index in [0.29, 0.717) is 83.5 Å². The van der Waals surface area contributed by atoms with Crippen molar-refractivity contribution in [1.82, 2.24) is 23.0 Å². The van der Waals surface area contributed by atoms with Gasteiger partial charge in [0.25, 0.3) is 10.2 Å². The Labute approximate surface area is 279 Å². The third-order valence-electron chi connectivity index (χ3n) is 8.61. The maximum absolute atomic E-state index is 12.9. The highest BCUT2D eigenvalue weighted by molar-refractivity contribution is 7.86. The number of esters is 1. The van der Waals surface area contributed by atoms with Gasteiger partial charge in [0, 0.05) is 83.2 Å². The van der Waals surface area contributed by atoms with Crippen LogP contribution in [0.25, 0.3) is 22.0 Å². The van der Waals surface area contributed by atoms with Crippen LogP contribution in [0.3, 0.4) is 0 Å². The Kier molecular flexibility index (Phi) is 10.5. The number of carbonyl (C=O) groups excluding carboxylic acids is 1. The number of benzene rings is 2. The Balaban J connectivity index is 1.44. The average molecular weight is 689 g/mol. The van der Waals surface area contributed by atoms with Crippen molar-refractivity contribution in [3.05, 3.63) is 64.1 Å². The molecule has 0 radical (unpaired) electrons. The lowest BCUT2D eigenvalue weighted by atomic mass is 9.98. The van der Waals surface area contributed by atoms with Crippen molar-refractivity contribution in [3.8, 4) is 16.9 Å². The molecule has 0 bridgehead atoms. The minimum atomic E-state index is -3.44. The Morgan fingerprint density at radius 2 is 1.70 bits per heavy atom. The fourth-order valence-corrected chi connectivity index (χ4v) is 7.53. The molecular formula is C32H41ClN6O7S. The molecule has 0 atom stereocenters. The van der Waals surface area contributed by atoms with E-state index in [4.69, 9.17) is 21.1 Å². The van der Waals surface area contributed by atoms with E-state index in [0.717, 1.165) is 16.6 Å². The normalized spacial score (nSPS) is 14.4. The van der Waals surface area contributed by atoms with Crippen LogP contribution in [0.5, 0.6) is 5.75 Å². The largest absolute Gasteiger partial charge is 0.487 e. The monoisotopic (exact) mass is 688 g/mol. The second-order valence-electron chi connectivity index (χ2n) is 11.5. The van der Waals surface area contributed by atoms with Crippen LogP contribution in [0, 0.1) is 0 Å². The first-order valence-electron chi connectivity index (χ1n) is 15.2. The van der Waals surface area contributed by atoms with Gasteiger partial charge in [0.05, 0.1) is 35.6 Å². The smallest absolute Gasteiger partial charge is 0.354 e. The topological polar surface area (TPSA) is 143 Å². The molecule has 13 nitrogen and oxygen atoms in total. The van der Waals surface area contributed by atoms with Gasteiger partial charge in [0.2, 0.25) is 0 Å². The highest BCUT2D eigenvalue weighted by Crippen LogP contribution is 2.42. The van der Waals surface area contributed by atoms with Gasteiger partial charge in [0.1, 0.15) is 18.1 Å². The Bertz CT molecular complexity index is 1860. The first kappa shape index (κ1) is 34.7. The summed E-state index contributed by atoms with van der Waals surface area (Å²) in [6, 6.07) is 11.2. The first-order chi connectivity index (χ1) is 22.4. The third kappa shape index (κ3) is 6.58. The maximum Gasteiger partial charge on any atom is 0.354 e. The molecule has 3 heterocycles. The quantitative estimate of drug-likeness (QED) is 0.215. The van der Waals surface area contributed by atoms with Gasteiger partial charge in [0.15, 0.2) is 0 Å². The predicted octanol–water partition coefficient (Wildman–Crippen LogP) is 2.94. The number of hydrogen-bond acceptors (Lipinski definition) is 9. The number of halogens is 1. The van der Waals surface area contributed by atoms with Gasteiger partial charge in [-0.25, -0.2) is 4.79 Å². The number of carbonyl (C=O) groups is 1. The van der Waals surface area contributed by atoms with Crippen molar-refractivity contribution in [3.63, 3.8) is 0 Å². The number of methoxy groups -OCH3 is 1. The number of fused-ring (bicyclic) bond motifs is 1. The van der Waals surface area contributed by atoms with Crippen LogP contribution in [0.4, 0.5) is 5.69 Å². The van der Waals surface area contributed by atoms with E-state index in [1.54, 1.807) is 29.4 Å². The number of piperazine rings is 1. The molecule has 2 N–H and O–H groups in total. The van der Waals surface area contributed by atoms with Crippen molar-refractivity contribution in [2.45, 2.75) is 26.1 Å². The van der Waals surface area contributed by atoms with Crippen LogP contribution < -0.4 is 9.64 Å². The van der Waals surface area contributed by atoms with Crippen molar-refractivity contribution in [1.29, 1.82) is 0 Å². The summed E-state index contributed by atoms with van der Waals surface area (Å²) in [7, 11) is 4.50. The van der Waals surface area contributed by atoms with E-state index in [-0.39, 0.29) is 19.8 Å². The number of ether oxygens (including phenoxy) is 2. The summed E-state index contributed by atoms with van der Waals surface area (Å²) >= 11 is 6.88. The fourth-order valence-electron chi connectivity index (χ4n) is 6.20. The molecule has 2 aromatic carbocycles. The molecule has 2 aromatic heterocycles. The first-order valence-corrected chi connectivity index (χ1v) is 17.0. The van der Waals surface area contributed by atoms with Gasteiger partial charge in [-0.2, -0.15) is 22.1 Å². The number of aliphatic hydroxyl groups excluding tert-OH is 2. The van der Waals surface area contributed by atoms with Crippen LogP contribution in [0.1, 0.15) is 33.9 Å². The zero-order valence-corrected chi connectivity index (χ0v) is 28.8. The Morgan fingerprint density at radius 1 is 1.02 bits per heavy atom. The Hall–Kier alpha value is -3.66. The molecule has 0 aliphatic carbocycles. The van der Waals surface area contributed by atoms with Crippen molar-refractivity contribution >= 4 is 44.4 Å². The van der Waals surface area contributed by atoms with E-state index in [2.05, 4.69) is 10.00 Å². The summed E-state index contributed by atoms with van der Waals surface area (Å²) < 4.78 is 42.4. The molecule has 4 aromatic rings. The number of anilines is 1. The summed E-state index contributed by atoms with van der Waals surface area (Å²) in [5.74, 6) is 0.113. The zero-order chi connectivity index (χ0) is 34.0. The van der Waals surface area contributed by atoms with Crippen LogP contribution in [0.15, 0.2) is 36.4 Å². The van der Waals surface area contributed by atoms with Crippen molar-refractivity contribution < 1.29 is 32.9 Å². The van der Waals surface area contributed by atoms with Gasteiger partial charge in [-0.1, -0.05) is 17.7 Å². The molecule has 0 saturated carbocycles. The number of rotatable bonds is 12. The molecule has 254 valence electrons. The lowest BCUT2D eigenvalue weighted by Gasteiger charge is -2.36. The lowest BCUT2D eigenvalue weighted by molar-refractivity contribution is 0.0589. The Morgan fingerprint density at radius 3 is 2.30 bits per heavy atom. The minimum absolute atomic E-state index is 0.0328. The molecule has 0 spiro atoms. The predicted molar refractivity (Wildman–Crippen MR) is 180 cm³/mol. The van der Waals surface area contributed by atoms with Crippen LogP contribution in [-0.4, -0.2) is 102 Å². The van der Waals surface area contributed by atoms with Gasteiger partial charge in [-0.15, -0.1) is 0 Å². The van der Waals surface area contributed by atoms with Gasteiger partial charge >= 0.3 is 5.97 Å². The number of aromatic nitrogens is 3. The van der Waals surface area contributed by atoms with Gasteiger partial charge in [-0.3, -0.25) is 4.68 Å². The highest BCUT2D eigenvalue weighted by atomic mass is 35.5.